The second kappa shape index (κ2) is 9.36. The number of rotatable bonds is 3. The quantitative estimate of drug-likeness (QED) is 0.316. The Morgan fingerprint density at radius 1 is 0.919 bits per heavy atom. The maximum Gasteiger partial charge on any atom is 0.391 e. The van der Waals surface area contributed by atoms with E-state index in [-0.39, 0.29) is 48.0 Å². The Hall–Kier alpha value is -3.04. The molecule has 2 aliphatic heterocycles. The Balaban J connectivity index is 1.49. The van der Waals surface area contributed by atoms with Crippen molar-refractivity contribution in [2.75, 3.05) is 13.1 Å². The third-order valence-electron chi connectivity index (χ3n) is 6.53. The lowest BCUT2D eigenvalue weighted by atomic mass is 9.96. The largest absolute Gasteiger partial charge is 0.440 e. The van der Waals surface area contributed by atoms with E-state index in [0.29, 0.717) is 16.1 Å². The van der Waals surface area contributed by atoms with Crippen molar-refractivity contribution in [1.29, 1.82) is 0 Å². The Kier molecular flexibility index (Phi) is 6.48. The molecular weight excluding hydrogens is 540 g/mol. The van der Waals surface area contributed by atoms with Crippen molar-refractivity contribution in [1.82, 2.24) is 4.90 Å². The highest BCUT2D eigenvalue weighted by molar-refractivity contribution is 6.35. The van der Waals surface area contributed by atoms with Crippen molar-refractivity contribution in [3.63, 3.8) is 0 Å². The van der Waals surface area contributed by atoms with Crippen molar-refractivity contribution >= 4 is 29.1 Å². The molecule has 11 heteroatoms. The number of hydrogen-bond donors (Lipinski definition) is 0. The van der Waals surface area contributed by atoms with Gasteiger partial charge < -0.3 is 14.4 Å². The zero-order valence-electron chi connectivity index (χ0n) is 18.9. The summed E-state index contributed by atoms with van der Waals surface area (Å²) in [5, 5.41) is 0.501. The van der Waals surface area contributed by atoms with Crippen LogP contribution in [-0.2, 0) is 5.79 Å². The molecule has 0 bridgehead atoms. The monoisotopic (exact) mass is 557 g/mol. The Labute approximate surface area is 218 Å². The van der Waals surface area contributed by atoms with Crippen LogP contribution in [0.2, 0.25) is 10.0 Å². The fourth-order valence-electron chi connectivity index (χ4n) is 4.58. The van der Waals surface area contributed by atoms with Crippen LogP contribution < -0.4 is 9.47 Å². The van der Waals surface area contributed by atoms with Gasteiger partial charge >= 0.3 is 12.0 Å². The standard InChI is InChI=1S/C26H18Cl2F5NO3/c27-16-3-6-19(20(28)11-16)25(14-1-4-17(29)5-2-14)36-22-12-18(21(30)13-23(22)37-25)24(35)34-9-7-15(8-10-34)26(31,32)33/h1-6,11-13,15H,7-10H2. The predicted octanol–water partition coefficient (Wildman–Crippen LogP) is 7.36. The van der Waals surface area contributed by atoms with Crippen molar-refractivity contribution in [3.8, 4) is 11.5 Å². The van der Waals surface area contributed by atoms with Gasteiger partial charge in [-0.3, -0.25) is 4.79 Å². The number of carbonyl (C=O) groups is 1. The van der Waals surface area contributed by atoms with Crippen molar-refractivity contribution in [3.05, 3.63) is 93.0 Å². The van der Waals surface area contributed by atoms with Crippen LogP contribution in [-0.4, -0.2) is 30.1 Å². The molecule has 5 rings (SSSR count). The lowest BCUT2D eigenvalue weighted by Crippen LogP contribution is -2.42. The molecular formula is C26H18Cl2F5NO3. The SMILES string of the molecule is O=C(c1cc2c(cc1F)OC(c1ccc(F)cc1)(c1ccc(Cl)cc1Cl)O2)N1CCC(C(F)(F)F)CC1. The smallest absolute Gasteiger partial charge is 0.391 e. The molecule has 1 saturated heterocycles. The van der Waals surface area contributed by atoms with Crippen LogP contribution in [0.4, 0.5) is 22.0 Å². The first-order valence-electron chi connectivity index (χ1n) is 11.3. The van der Waals surface area contributed by atoms with Crippen molar-refractivity contribution in [2.45, 2.75) is 24.8 Å². The van der Waals surface area contributed by atoms with Gasteiger partial charge in [-0.25, -0.2) is 8.78 Å². The molecule has 2 heterocycles. The van der Waals surface area contributed by atoms with E-state index in [1.54, 1.807) is 12.1 Å². The van der Waals surface area contributed by atoms with Gasteiger partial charge in [0, 0.05) is 29.7 Å². The minimum absolute atomic E-state index is 0.00488. The first-order valence-corrected chi connectivity index (χ1v) is 12.0. The molecule has 4 nitrogen and oxygen atoms in total. The number of hydrogen-bond acceptors (Lipinski definition) is 3. The maximum atomic E-state index is 15.1. The maximum absolute atomic E-state index is 15.1. The number of piperidine rings is 1. The van der Waals surface area contributed by atoms with Crippen LogP contribution in [0.5, 0.6) is 11.5 Å². The molecule has 0 spiro atoms. The van der Waals surface area contributed by atoms with Crippen LogP contribution in [0.15, 0.2) is 54.6 Å². The zero-order valence-corrected chi connectivity index (χ0v) is 20.4. The molecule has 0 saturated carbocycles. The lowest BCUT2D eigenvalue weighted by molar-refractivity contribution is -0.183. The van der Waals surface area contributed by atoms with Gasteiger partial charge in [0.05, 0.1) is 22.1 Å². The van der Waals surface area contributed by atoms with Crippen LogP contribution in [0.3, 0.4) is 0 Å². The molecule has 0 N–H and O–H groups in total. The Morgan fingerprint density at radius 3 is 2.14 bits per heavy atom. The highest BCUT2D eigenvalue weighted by atomic mass is 35.5. The third kappa shape index (κ3) is 4.70. The van der Waals surface area contributed by atoms with Crippen LogP contribution in [0.1, 0.15) is 34.3 Å². The van der Waals surface area contributed by atoms with E-state index in [9.17, 15) is 22.4 Å². The fraction of sp³-hybridized carbons (Fsp3) is 0.269. The minimum atomic E-state index is -4.34. The molecule has 37 heavy (non-hydrogen) atoms. The van der Waals surface area contributed by atoms with Gasteiger partial charge in [-0.1, -0.05) is 23.2 Å². The number of amides is 1. The van der Waals surface area contributed by atoms with E-state index < -0.39 is 35.4 Å². The Bertz CT molecular complexity index is 1360. The third-order valence-corrected chi connectivity index (χ3v) is 7.07. The average Bonchev–Trinajstić information content (AvgIpc) is 3.22. The number of fused-ring (bicyclic) bond motifs is 1. The molecule has 1 amide bonds. The van der Waals surface area contributed by atoms with Crippen molar-refractivity contribution in [2.24, 2.45) is 5.92 Å². The van der Waals surface area contributed by atoms with E-state index in [0.717, 1.165) is 12.1 Å². The molecule has 0 radical (unpaired) electrons. The van der Waals surface area contributed by atoms with E-state index in [2.05, 4.69) is 0 Å². The number of nitrogens with zero attached hydrogens (tertiary/aromatic N) is 1. The summed E-state index contributed by atoms with van der Waals surface area (Å²) in [5.74, 6) is -5.48. The number of carbonyl (C=O) groups excluding carboxylic acids is 1. The van der Waals surface area contributed by atoms with Gasteiger partial charge in [-0.05, 0) is 61.4 Å². The summed E-state index contributed by atoms with van der Waals surface area (Å²) in [5.41, 5.74) is 0.255. The molecule has 194 valence electrons. The summed E-state index contributed by atoms with van der Waals surface area (Å²) in [4.78, 5) is 14.2. The van der Waals surface area contributed by atoms with Gasteiger partial charge in [0.1, 0.15) is 11.6 Å². The van der Waals surface area contributed by atoms with Crippen LogP contribution in [0, 0.1) is 17.6 Å². The predicted molar refractivity (Wildman–Crippen MR) is 126 cm³/mol. The Morgan fingerprint density at radius 2 is 1.54 bits per heavy atom. The van der Waals surface area contributed by atoms with Crippen molar-refractivity contribution < 1.29 is 36.2 Å². The van der Waals surface area contributed by atoms with Crippen LogP contribution >= 0.6 is 23.2 Å². The molecule has 3 aromatic rings. The minimum Gasteiger partial charge on any atom is -0.440 e. The zero-order chi connectivity index (χ0) is 26.5. The van der Waals surface area contributed by atoms with E-state index in [4.69, 9.17) is 32.7 Å². The summed E-state index contributed by atoms with van der Waals surface area (Å²) in [6.07, 6.45) is -4.86. The fourth-order valence-corrected chi connectivity index (χ4v) is 5.11. The summed E-state index contributed by atoms with van der Waals surface area (Å²) < 4.78 is 80.0. The first-order chi connectivity index (χ1) is 17.5. The number of benzene rings is 3. The highest BCUT2D eigenvalue weighted by Gasteiger charge is 2.48. The summed E-state index contributed by atoms with van der Waals surface area (Å²) in [6.45, 7) is -0.312. The second-order valence-corrected chi connectivity index (χ2v) is 9.68. The molecule has 0 aliphatic carbocycles. The number of likely N-dealkylation sites (tertiary alicyclic amines) is 1. The normalized spacial score (nSPS) is 19.8. The topological polar surface area (TPSA) is 38.8 Å². The van der Waals surface area contributed by atoms with Crippen LogP contribution in [0.25, 0.3) is 0 Å². The first kappa shape index (κ1) is 25.6. The molecule has 0 aromatic heterocycles. The average molecular weight is 558 g/mol. The van der Waals surface area contributed by atoms with Gasteiger partial charge in [-0.2, -0.15) is 13.2 Å². The van der Waals surface area contributed by atoms with Gasteiger partial charge in [-0.15, -0.1) is 0 Å². The number of ether oxygens (including phenoxy) is 2. The molecule has 1 fully saturated rings. The van der Waals surface area contributed by atoms with Gasteiger partial charge in [0.2, 0.25) is 0 Å². The second-order valence-electron chi connectivity index (χ2n) is 8.84. The van der Waals surface area contributed by atoms with Gasteiger partial charge in [0.25, 0.3) is 5.91 Å². The number of alkyl halides is 3. The van der Waals surface area contributed by atoms with E-state index in [1.165, 1.54) is 35.2 Å². The van der Waals surface area contributed by atoms with E-state index >= 15 is 4.39 Å². The van der Waals surface area contributed by atoms with E-state index in [1.807, 2.05) is 0 Å². The highest BCUT2D eigenvalue weighted by Crippen LogP contribution is 2.50. The summed E-state index contributed by atoms with van der Waals surface area (Å²) in [7, 11) is 0. The molecule has 1 atom stereocenters. The van der Waals surface area contributed by atoms with Gasteiger partial charge in [0.15, 0.2) is 11.5 Å². The molecule has 2 aliphatic rings. The summed E-state index contributed by atoms with van der Waals surface area (Å²) >= 11 is 12.5. The molecule has 1 unspecified atom stereocenters. The lowest BCUT2D eigenvalue weighted by Gasteiger charge is -2.33. The molecule has 3 aromatic carbocycles. The summed E-state index contributed by atoms with van der Waals surface area (Å²) in [6, 6.07) is 11.9. The number of halogens is 7.